The molecule has 0 saturated carbocycles. The number of benzene rings is 1. The van der Waals surface area contributed by atoms with Gasteiger partial charge in [0.15, 0.2) is 5.65 Å². The number of hydrogen-bond donors (Lipinski definition) is 2. The van der Waals surface area contributed by atoms with Crippen LogP contribution in [0.2, 0.25) is 0 Å². The highest BCUT2D eigenvalue weighted by molar-refractivity contribution is 6.03. The number of likely N-dealkylation sites (tertiary alicyclic amines) is 1. The van der Waals surface area contributed by atoms with Crippen LogP contribution in [0.25, 0.3) is 5.65 Å². The number of nitrogens with zero attached hydrogens (tertiary/aromatic N) is 3. The SMILES string of the molecule is CC(=O)Nc1ccccc1C(=O)N1CCCCC1c1cc2nc(C)c(C)c(=O)n2[nH]1. The van der Waals surface area contributed by atoms with E-state index in [1.165, 1.54) is 11.4 Å². The van der Waals surface area contributed by atoms with Crippen LogP contribution in [-0.4, -0.2) is 37.9 Å². The lowest BCUT2D eigenvalue weighted by molar-refractivity contribution is -0.114. The second-order valence-corrected chi connectivity index (χ2v) is 7.77. The Bertz CT molecular complexity index is 1190. The van der Waals surface area contributed by atoms with Gasteiger partial charge in [-0.25, -0.2) is 9.50 Å². The Balaban J connectivity index is 1.73. The molecule has 1 atom stereocenters. The highest BCUT2D eigenvalue weighted by atomic mass is 16.2. The molecule has 1 unspecified atom stereocenters. The van der Waals surface area contributed by atoms with Crippen molar-refractivity contribution >= 4 is 23.1 Å². The fraction of sp³-hybridized carbons (Fsp3) is 0.364. The summed E-state index contributed by atoms with van der Waals surface area (Å²) >= 11 is 0. The van der Waals surface area contributed by atoms with Gasteiger partial charge in [0.1, 0.15) is 0 Å². The van der Waals surface area contributed by atoms with E-state index in [1.807, 2.05) is 17.9 Å². The van der Waals surface area contributed by atoms with Crippen LogP contribution in [0.15, 0.2) is 35.1 Å². The number of aryl methyl sites for hydroxylation is 1. The normalized spacial score (nSPS) is 16.6. The molecule has 2 N–H and O–H groups in total. The molecular formula is C22H25N5O3. The third-order valence-corrected chi connectivity index (χ3v) is 5.69. The van der Waals surface area contributed by atoms with E-state index < -0.39 is 0 Å². The molecule has 2 aromatic heterocycles. The summed E-state index contributed by atoms with van der Waals surface area (Å²) in [5, 5.41) is 5.90. The van der Waals surface area contributed by atoms with E-state index >= 15 is 0 Å². The summed E-state index contributed by atoms with van der Waals surface area (Å²) in [6.45, 7) is 5.60. The maximum Gasteiger partial charge on any atom is 0.275 e. The first-order chi connectivity index (χ1) is 14.4. The number of carbonyl (C=O) groups is 2. The molecule has 0 aliphatic carbocycles. The first-order valence-corrected chi connectivity index (χ1v) is 10.1. The molecule has 8 nitrogen and oxygen atoms in total. The standard InChI is InChI=1S/C22H25N5O3/c1-13-14(2)23-20-12-18(25-27(20)21(13)29)19-10-6-7-11-26(19)22(30)16-8-4-5-9-17(16)24-15(3)28/h4-5,8-9,12,19,25H,6-7,10-11H2,1-3H3,(H,24,28). The molecule has 0 bridgehead atoms. The topological polar surface area (TPSA) is 99.6 Å². The van der Waals surface area contributed by atoms with Crippen LogP contribution in [0.5, 0.6) is 0 Å². The fourth-order valence-corrected chi connectivity index (χ4v) is 4.03. The fourth-order valence-electron chi connectivity index (χ4n) is 4.03. The number of carbonyl (C=O) groups excluding carboxylic acids is 2. The lowest BCUT2D eigenvalue weighted by Gasteiger charge is -2.35. The van der Waals surface area contributed by atoms with Crippen molar-refractivity contribution in [1.29, 1.82) is 0 Å². The zero-order valence-corrected chi connectivity index (χ0v) is 17.4. The Hall–Kier alpha value is -3.42. The second-order valence-electron chi connectivity index (χ2n) is 7.77. The predicted molar refractivity (Wildman–Crippen MR) is 114 cm³/mol. The van der Waals surface area contributed by atoms with E-state index in [9.17, 15) is 14.4 Å². The molecular weight excluding hydrogens is 382 g/mol. The number of H-pyrrole nitrogens is 1. The number of piperidine rings is 1. The third kappa shape index (κ3) is 3.49. The quantitative estimate of drug-likeness (QED) is 0.697. The molecule has 1 aliphatic heterocycles. The smallest absolute Gasteiger partial charge is 0.275 e. The zero-order valence-electron chi connectivity index (χ0n) is 17.4. The van der Waals surface area contributed by atoms with Crippen molar-refractivity contribution in [2.24, 2.45) is 0 Å². The number of aromatic nitrogens is 3. The van der Waals surface area contributed by atoms with Crippen molar-refractivity contribution in [3.63, 3.8) is 0 Å². The van der Waals surface area contributed by atoms with E-state index in [1.54, 1.807) is 31.2 Å². The molecule has 3 aromatic rings. The van der Waals surface area contributed by atoms with Crippen LogP contribution in [0.3, 0.4) is 0 Å². The number of amides is 2. The van der Waals surface area contributed by atoms with Gasteiger partial charge in [-0.05, 0) is 45.2 Å². The number of nitrogens with one attached hydrogen (secondary N) is 2. The van der Waals surface area contributed by atoms with Gasteiger partial charge in [-0.3, -0.25) is 19.5 Å². The molecule has 0 spiro atoms. The summed E-state index contributed by atoms with van der Waals surface area (Å²) in [6, 6.07) is 8.68. The maximum atomic E-state index is 13.5. The average molecular weight is 407 g/mol. The van der Waals surface area contributed by atoms with Gasteiger partial charge in [0, 0.05) is 30.8 Å². The molecule has 1 fully saturated rings. The third-order valence-electron chi connectivity index (χ3n) is 5.69. The van der Waals surface area contributed by atoms with Gasteiger partial charge in [0.05, 0.1) is 23.0 Å². The molecule has 0 radical (unpaired) electrons. The lowest BCUT2D eigenvalue weighted by Crippen LogP contribution is -2.39. The highest BCUT2D eigenvalue weighted by Crippen LogP contribution is 2.33. The van der Waals surface area contributed by atoms with E-state index in [4.69, 9.17) is 0 Å². The number of hydrogen-bond acceptors (Lipinski definition) is 4. The van der Waals surface area contributed by atoms with Gasteiger partial charge >= 0.3 is 0 Å². The van der Waals surface area contributed by atoms with Crippen molar-refractivity contribution in [2.45, 2.75) is 46.1 Å². The van der Waals surface area contributed by atoms with Crippen molar-refractivity contribution in [1.82, 2.24) is 19.5 Å². The Labute approximate surface area is 173 Å². The minimum Gasteiger partial charge on any atom is -0.330 e. The van der Waals surface area contributed by atoms with Gasteiger partial charge in [0.2, 0.25) is 5.91 Å². The van der Waals surface area contributed by atoms with Crippen LogP contribution < -0.4 is 10.9 Å². The number of para-hydroxylation sites is 1. The van der Waals surface area contributed by atoms with Crippen LogP contribution in [0, 0.1) is 13.8 Å². The maximum absolute atomic E-state index is 13.5. The number of anilines is 1. The van der Waals surface area contributed by atoms with Crippen molar-refractivity contribution < 1.29 is 9.59 Å². The van der Waals surface area contributed by atoms with E-state index in [-0.39, 0.29) is 23.4 Å². The van der Waals surface area contributed by atoms with Gasteiger partial charge in [-0.15, -0.1) is 0 Å². The van der Waals surface area contributed by atoms with Gasteiger partial charge in [-0.2, -0.15) is 0 Å². The summed E-state index contributed by atoms with van der Waals surface area (Å²) in [5.41, 5.74) is 3.46. The first-order valence-electron chi connectivity index (χ1n) is 10.1. The van der Waals surface area contributed by atoms with Gasteiger partial charge in [0.25, 0.3) is 11.5 Å². The molecule has 4 rings (SSSR count). The summed E-state index contributed by atoms with van der Waals surface area (Å²) < 4.78 is 1.44. The number of rotatable bonds is 3. The average Bonchev–Trinajstić information content (AvgIpc) is 3.15. The molecule has 156 valence electrons. The summed E-state index contributed by atoms with van der Waals surface area (Å²) in [5.74, 6) is -0.368. The minimum atomic E-state index is -0.225. The van der Waals surface area contributed by atoms with E-state index in [0.29, 0.717) is 34.7 Å². The van der Waals surface area contributed by atoms with Crippen LogP contribution in [0.4, 0.5) is 5.69 Å². The van der Waals surface area contributed by atoms with Gasteiger partial charge < -0.3 is 10.2 Å². The number of aromatic amines is 1. The molecule has 1 saturated heterocycles. The summed E-state index contributed by atoms with van der Waals surface area (Å²) in [4.78, 5) is 43.9. The Kier molecular flexibility index (Phi) is 5.15. The largest absolute Gasteiger partial charge is 0.330 e. The highest BCUT2D eigenvalue weighted by Gasteiger charge is 2.31. The van der Waals surface area contributed by atoms with E-state index in [2.05, 4.69) is 15.4 Å². The molecule has 2 amide bonds. The number of fused-ring (bicyclic) bond motifs is 1. The molecule has 1 aliphatic rings. The first kappa shape index (κ1) is 19.9. The summed E-state index contributed by atoms with van der Waals surface area (Å²) in [7, 11) is 0. The Morgan fingerprint density at radius 2 is 1.97 bits per heavy atom. The van der Waals surface area contributed by atoms with Crippen molar-refractivity contribution in [2.75, 3.05) is 11.9 Å². The Morgan fingerprint density at radius 3 is 2.73 bits per heavy atom. The van der Waals surface area contributed by atoms with E-state index in [0.717, 1.165) is 25.0 Å². The van der Waals surface area contributed by atoms with Crippen LogP contribution in [0.1, 0.15) is 59.5 Å². The van der Waals surface area contributed by atoms with Crippen molar-refractivity contribution in [3.8, 4) is 0 Å². The monoisotopic (exact) mass is 407 g/mol. The molecule has 1 aromatic carbocycles. The van der Waals surface area contributed by atoms with Gasteiger partial charge in [-0.1, -0.05) is 12.1 Å². The molecule has 30 heavy (non-hydrogen) atoms. The lowest BCUT2D eigenvalue weighted by atomic mass is 9.98. The molecule has 3 heterocycles. The van der Waals surface area contributed by atoms with Crippen LogP contribution >= 0.6 is 0 Å². The van der Waals surface area contributed by atoms with Crippen LogP contribution in [-0.2, 0) is 4.79 Å². The second kappa shape index (κ2) is 7.78. The minimum absolute atomic E-state index is 0.131. The zero-order chi connectivity index (χ0) is 21.4. The van der Waals surface area contributed by atoms with Crippen molar-refractivity contribution in [3.05, 3.63) is 63.2 Å². The Morgan fingerprint density at radius 1 is 1.20 bits per heavy atom. The summed E-state index contributed by atoms with van der Waals surface area (Å²) in [6.07, 6.45) is 2.67. The predicted octanol–water partition coefficient (Wildman–Crippen LogP) is 2.97. The molecule has 8 heteroatoms.